The fourth-order valence-corrected chi connectivity index (χ4v) is 2.59. The van der Waals surface area contributed by atoms with Gasteiger partial charge in [-0.05, 0) is 29.8 Å². The van der Waals surface area contributed by atoms with Crippen LogP contribution in [-0.2, 0) is 11.3 Å². The molecule has 0 aliphatic heterocycles. The summed E-state index contributed by atoms with van der Waals surface area (Å²) in [6.07, 6.45) is 2.67. The molecule has 0 aromatic heterocycles. The molecule has 29 heavy (non-hydrogen) atoms. The molecule has 1 N–H and O–H groups in total. The molecule has 2 rings (SSSR count). The van der Waals surface area contributed by atoms with Gasteiger partial charge in [-0.3, -0.25) is 9.59 Å². The Bertz CT molecular complexity index is 883. The lowest BCUT2D eigenvalue weighted by molar-refractivity contribution is -0.125. The van der Waals surface area contributed by atoms with Crippen molar-refractivity contribution >= 4 is 17.9 Å². The van der Waals surface area contributed by atoms with Crippen LogP contribution in [0.25, 0.3) is 6.08 Å². The molecule has 0 radical (unpaired) electrons. The van der Waals surface area contributed by atoms with Crippen molar-refractivity contribution in [3.05, 3.63) is 65.2 Å². The quantitative estimate of drug-likeness (QED) is 0.686. The number of hydrogen-bond acceptors (Lipinski definition) is 4. The van der Waals surface area contributed by atoms with E-state index in [2.05, 4.69) is 10.1 Å². The molecule has 8 heteroatoms. The summed E-state index contributed by atoms with van der Waals surface area (Å²) in [6.45, 7) is -2.70. The second-order valence-electron chi connectivity index (χ2n) is 6.06. The van der Waals surface area contributed by atoms with Gasteiger partial charge in [0.2, 0.25) is 5.91 Å². The van der Waals surface area contributed by atoms with Gasteiger partial charge in [-0.2, -0.15) is 8.78 Å². The smallest absolute Gasteiger partial charge is 0.387 e. The number of amides is 2. The van der Waals surface area contributed by atoms with Crippen LogP contribution in [0.4, 0.5) is 8.78 Å². The molecule has 0 atom stereocenters. The summed E-state index contributed by atoms with van der Waals surface area (Å²) < 4.78 is 34.9. The lowest BCUT2D eigenvalue weighted by Gasteiger charge is -2.16. The molecule has 0 spiro atoms. The van der Waals surface area contributed by atoms with E-state index in [0.29, 0.717) is 17.7 Å². The molecular weight excluding hydrogens is 382 g/mol. The maximum atomic E-state index is 12.7. The van der Waals surface area contributed by atoms with E-state index in [1.165, 1.54) is 30.2 Å². The molecule has 0 heterocycles. The summed E-state index contributed by atoms with van der Waals surface area (Å²) in [6, 6.07) is 11.5. The maximum Gasteiger partial charge on any atom is 0.387 e. The van der Waals surface area contributed by atoms with E-state index in [1.54, 1.807) is 50.5 Å². The molecule has 2 amide bonds. The molecule has 0 saturated carbocycles. The lowest BCUT2D eigenvalue weighted by Crippen LogP contribution is -2.24. The van der Waals surface area contributed by atoms with Crippen LogP contribution >= 0.6 is 0 Å². The zero-order chi connectivity index (χ0) is 21.4. The van der Waals surface area contributed by atoms with E-state index in [9.17, 15) is 18.4 Å². The average molecular weight is 404 g/mol. The Morgan fingerprint density at radius 2 is 1.86 bits per heavy atom. The van der Waals surface area contributed by atoms with Gasteiger partial charge in [0.05, 0.1) is 7.11 Å². The van der Waals surface area contributed by atoms with Gasteiger partial charge < -0.3 is 19.7 Å². The van der Waals surface area contributed by atoms with Crippen LogP contribution in [0.15, 0.2) is 48.5 Å². The monoisotopic (exact) mass is 404 g/mol. The molecule has 0 fully saturated rings. The Hall–Kier alpha value is -3.42. The maximum absolute atomic E-state index is 12.7. The first-order valence-electron chi connectivity index (χ1n) is 8.71. The van der Waals surface area contributed by atoms with Gasteiger partial charge in [-0.25, -0.2) is 0 Å². The SMILES string of the molecule is CNC(=O)c1ccc(CN(C)C(=O)/C=C\c2cccc(OC)c2OC(F)F)cc1. The summed E-state index contributed by atoms with van der Waals surface area (Å²) in [7, 11) is 4.51. The number of para-hydroxylation sites is 1. The number of halogens is 2. The predicted octanol–water partition coefficient (Wildman–Crippen LogP) is 3.33. The average Bonchev–Trinajstić information content (AvgIpc) is 2.72. The third kappa shape index (κ3) is 6.03. The molecule has 6 nitrogen and oxygen atoms in total. The minimum absolute atomic E-state index is 0.138. The van der Waals surface area contributed by atoms with Crippen LogP contribution < -0.4 is 14.8 Å². The third-order valence-electron chi connectivity index (χ3n) is 4.08. The zero-order valence-electron chi connectivity index (χ0n) is 16.3. The first kappa shape index (κ1) is 21.9. The summed E-state index contributed by atoms with van der Waals surface area (Å²) >= 11 is 0. The van der Waals surface area contributed by atoms with Crippen LogP contribution in [-0.4, -0.2) is 44.5 Å². The number of hydrogen-bond donors (Lipinski definition) is 1. The minimum atomic E-state index is -3.02. The van der Waals surface area contributed by atoms with Crippen molar-refractivity contribution in [3.8, 4) is 11.5 Å². The van der Waals surface area contributed by atoms with E-state index < -0.39 is 6.61 Å². The third-order valence-corrected chi connectivity index (χ3v) is 4.08. The molecular formula is C21H22F2N2O4. The summed E-state index contributed by atoms with van der Waals surface area (Å²) in [4.78, 5) is 25.4. The molecule has 2 aromatic rings. The van der Waals surface area contributed by atoms with E-state index in [0.717, 1.165) is 5.56 Å². The molecule has 0 unspecified atom stereocenters. The van der Waals surface area contributed by atoms with Crippen molar-refractivity contribution in [2.24, 2.45) is 0 Å². The number of alkyl halides is 2. The molecule has 0 aliphatic carbocycles. The van der Waals surface area contributed by atoms with Crippen molar-refractivity contribution in [3.63, 3.8) is 0 Å². The lowest BCUT2D eigenvalue weighted by atomic mass is 10.1. The van der Waals surface area contributed by atoms with Crippen LogP contribution in [0.3, 0.4) is 0 Å². The first-order chi connectivity index (χ1) is 13.8. The minimum Gasteiger partial charge on any atom is -0.493 e. The Labute approximate surface area is 167 Å². The topological polar surface area (TPSA) is 67.9 Å². The molecule has 2 aromatic carbocycles. The number of likely N-dealkylation sites (N-methyl/N-ethyl adjacent to an activating group) is 1. The van der Waals surface area contributed by atoms with Crippen molar-refractivity contribution in [2.45, 2.75) is 13.2 Å². The van der Waals surface area contributed by atoms with E-state index in [-0.39, 0.29) is 23.3 Å². The summed E-state index contributed by atoms with van der Waals surface area (Å²) in [5, 5.41) is 2.54. The van der Waals surface area contributed by atoms with Crippen LogP contribution in [0.2, 0.25) is 0 Å². The predicted molar refractivity (Wildman–Crippen MR) is 105 cm³/mol. The Balaban J connectivity index is 2.09. The van der Waals surface area contributed by atoms with E-state index in [1.807, 2.05) is 0 Å². The van der Waals surface area contributed by atoms with Gasteiger partial charge in [-0.1, -0.05) is 24.3 Å². The largest absolute Gasteiger partial charge is 0.493 e. The highest BCUT2D eigenvalue weighted by Gasteiger charge is 2.14. The van der Waals surface area contributed by atoms with Gasteiger partial charge in [0.15, 0.2) is 11.5 Å². The highest BCUT2D eigenvalue weighted by atomic mass is 19.3. The van der Waals surface area contributed by atoms with Gasteiger partial charge in [0, 0.05) is 37.8 Å². The fraction of sp³-hybridized carbons (Fsp3) is 0.238. The fourth-order valence-electron chi connectivity index (χ4n) is 2.59. The van der Waals surface area contributed by atoms with Gasteiger partial charge in [-0.15, -0.1) is 0 Å². The molecule has 0 saturated heterocycles. The van der Waals surface area contributed by atoms with Crippen LogP contribution in [0.5, 0.6) is 11.5 Å². The van der Waals surface area contributed by atoms with Gasteiger partial charge in [0.1, 0.15) is 0 Å². The Morgan fingerprint density at radius 1 is 1.17 bits per heavy atom. The van der Waals surface area contributed by atoms with E-state index >= 15 is 0 Å². The summed E-state index contributed by atoms with van der Waals surface area (Å²) in [5.41, 5.74) is 1.65. The number of ether oxygens (including phenoxy) is 2. The molecule has 154 valence electrons. The van der Waals surface area contributed by atoms with Crippen molar-refractivity contribution in [2.75, 3.05) is 21.2 Å². The van der Waals surface area contributed by atoms with Crippen LogP contribution in [0.1, 0.15) is 21.5 Å². The Kier molecular flexibility index (Phi) is 7.70. The number of nitrogens with one attached hydrogen (secondary N) is 1. The van der Waals surface area contributed by atoms with Gasteiger partial charge in [0.25, 0.3) is 5.91 Å². The normalized spacial score (nSPS) is 10.8. The van der Waals surface area contributed by atoms with Crippen LogP contribution in [0, 0.1) is 0 Å². The standard InChI is InChI=1S/C21H22F2N2O4/c1-24-20(27)16-9-7-14(8-10-16)13-25(2)18(26)12-11-15-5-4-6-17(28-3)19(15)29-21(22)23/h4-12,21H,13H2,1-3H3,(H,24,27)/b12-11-. The number of methoxy groups -OCH3 is 1. The number of carbonyl (C=O) groups is 2. The first-order valence-corrected chi connectivity index (χ1v) is 8.71. The number of carbonyl (C=O) groups excluding carboxylic acids is 2. The second-order valence-corrected chi connectivity index (χ2v) is 6.06. The number of rotatable bonds is 8. The van der Waals surface area contributed by atoms with E-state index in [4.69, 9.17) is 4.74 Å². The van der Waals surface area contributed by atoms with Gasteiger partial charge >= 0.3 is 6.61 Å². The number of nitrogens with zero attached hydrogens (tertiary/aromatic N) is 1. The van der Waals surface area contributed by atoms with Crippen molar-refractivity contribution in [1.82, 2.24) is 10.2 Å². The second kappa shape index (κ2) is 10.2. The highest BCUT2D eigenvalue weighted by Crippen LogP contribution is 2.33. The number of benzene rings is 2. The van der Waals surface area contributed by atoms with Crippen molar-refractivity contribution in [1.29, 1.82) is 0 Å². The zero-order valence-corrected chi connectivity index (χ0v) is 16.3. The summed E-state index contributed by atoms with van der Waals surface area (Å²) in [5.74, 6) is -0.513. The highest BCUT2D eigenvalue weighted by molar-refractivity contribution is 5.94. The molecule has 0 aliphatic rings. The van der Waals surface area contributed by atoms with Crippen molar-refractivity contribution < 1.29 is 27.8 Å². The molecule has 0 bridgehead atoms. The Morgan fingerprint density at radius 3 is 2.45 bits per heavy atom.